The van der Waals surface area contributed by atoms with E-state index in [0.717, 1.165) is 18.8 Å². The van der Waals surface area contributed by atoms with Crippen LogP contribution < -0.4 is 4.74 Å². The fourth-order valence-corrected chi connectivity index (χ4v) is 3.27. The minimum absolute atomic E-state index is 0.0177. The predicted molar refractivity (Wildman–Crippen MR) is 104 cm³/mol. The van der Waals surface area contributed by atoms with Gasteiger partial charge in [-0.3, -0.25) is 19.5 Å². The molecule has 1 aromatic carbocycles. The van der Waals surface area contributed by atoms with Gasteiger partial charge in [-0.1, -0.05) is 0 Å². The number of hydrogen-bond acceptors (Lipinski definition) is 6. The topological polar surface area (TPSA) is 103 Å². The van der Waals surface area contributed by atoms with E-state index in [9.17, 15) is 4.79 Å². The van der Waals surface area contributed by atoms with Crippen molar-refractivity contribution in [2.75, 3.05) is 26.2 Å². The number of carbonyl (C=O) groups excluding carboxylic acids is 1. The molecule has 0 spiro atoms. The standard InChI is InChI=1S/C20H21N7O2/c1-25-13-16(11-23-25)20(28)27-8-6-26(7-9-27)14-18-19(12-22-24-18)29-17-4-2-15(10-21)3-5-17/h2-5,11-13H,6-9,14H2,1H3,(H,22,24). The third-order valence-electron chi connectivity index (χ3n) is 4.88. The summed E-state index contributed by atoms with van der Waals surface area (Å²) < 4.78 is 7.54. The fraction of sp³-hybridized carbons (Fsp3) is 0.300. The Kier molecular flexibility index (Phi) is 5.27. The van der Waals surface area contributed by atoms with E-state index < -0.39 is 0 Å². The lowest BCUT2D eigenvalue weighted by atomic mass is 10.2. The molecule has 3 aromatic rings. The Labute approximate surface area is 168 Å². The average Bonchev–Trinajstić information content (AvgIpc) is 3.37. The molecule has 1 amide bonds. The Bertz CT molecular complexity index is 1020. The maximum Gasteiger partial charge on any atom is 0.257 e. The number of rotatable bonds is 5. The molecule has 0 atom stereocenters. The number of carbonyl (C=O) groups is 1. The minimum atomic E-state index is 0.0177. The van der Waals surface area contributed by atoms with Crippen molar-refractivity contribution in [3.8, 4) is 17.6 Å². The number of nitrogens with zero attached hydrogens (tertiary/aromatic N) is 6. The molecule has 148 valence electrons. The van der Waals surface area contributed by atoms with Crippen LogP contribution in [0.2, 0.25) is 0 Å². The van der Waals surface area contributed by atoms with Gasteiger partial charge in [0.1, 0.15) is 5.75 Å². The summed E-state index contributed by atoms with van der Waals surface area (Å²) in [6, 6.07) is 9.04. The van der Waals surface area contributed by atoms with Gasteiger partial charge >= 0.3 is 0 Å². The summed E-state index contributed by atoms with van der Waals surface area (Å²) >= 11 is 0. The third kappa shape index (κ3) is 4.28. The molecule has 1 fully saturated rings. The molecule has 1 aliphatic rings. The lowest BCUT2D eigenvalue weighted by Crippen LogP contribution is -2.48. The Morgan fingerprint density at radius 3 is 2.62 bits per heavy atom. The number of piperazine rings is 1. The Hall–Kier alpha value is -3.64. The van der Waals surface area contributed by atoms with Crippen LogP contribution in [0, 0.1) is 11.3 Å². The summed E-state index contributed by atoms with van der Waals surface area (Å²) in [4.78, 5) is 16.6. The van der Waals surface area contributed by atoms with E-state index in [0.29, 0.717) is 42.3 Å². The highest BCUT2D eigenvalue weighted by atomic mass is 16.5. The molecule has 1 saturated heterocycles. The lowest BCUT2D eigenvalue weighted by Gasteiger charge is -2.34. The lowest BCUT2D eigenvalue weighted by molar-refractivity contribution is 0.0626. The first-order valence-electron chi connectivity index (χ1n) is 9.33. The zero-order chi connectivity index (χ0) is 20.2. The van der Waals surface area contributed by atoms with Crippen molar-refractivity contribution in [1.82, 2.24) is 29.8 Å². The number of aryl methyl sites for hydroxylation is 1. The second-order valence-electron chi connectivity index (χ2n) is 6.92. The highest BCUT2D eigenvalue weighted by molar-refractivity contribution is 5.93. The van der Waals surface area contributed by atoms with E-state index in [2.05, 4.69) is 26.3 Å². The Morgan fingerprint density at radius 2 is 1.97 bits per heavy atom. The zero-order valence-electron chi connectivity index (χ0n) is 16.1. The number of aromatic nitrogens is 4. The maximum atomic E-state index is 12.5. The van der Waals surface area contributed by atoms with Gasteiger partial charge in [-0.05, 0) is 24.3 Å². The largest absolute Gasteiger partial charge is 0.454 e. The van der Waals surface area contributed by atoms with Gasteiger partial charge < -0.3 is 9.64 Å². The van der Waals surface area contributed by atoms with E-state index >= 15 is 0 Å². The minimum Gasteiger partial charge on any atom is -0.454 e. The van der Waals surface area contributed by atoms with Crippen molar-refractivity contribution in [3.63, 3.8) is 0 Å². The molecule has 2 aromatic heterocycles. The van der Waals surface area contributed by atoms with Crippen molar-refractivity contribution in [2.24, 2.45) is 7.05 Å². The number of ether oxygens (including phenoxy) is 1. The van der Waals surface area contributed by atoms with Gasteiger partial charge in [0.25, 0.3) is 5.91 Å². The monoisotopic (exact) mass is 391 g/mol. The molecule has 3 heterocycles. The van der Waals surface area contributed by atoms with Crippen LogP contribution in [0.15, 0.2) is 42.9 Å². The van der Waals surface area contributed by atoms with Gasteiger partial charge in [-0.15, -0.1) is 0 Å². The first kappa shape index (κ1) is 18.7. The maximum absolute atomic E-state index is 12.5. The highest BCUT2D eigenvalue weighted by Gasteiger charge is 2.24. The molecule has 1 aliphatic heterocycles. The van der Waals surface area contributed by atoms with Gasteiger partial charge in [0.15, 0.2) is 5.75 Å². The fourth-order valence-electron chi connectivity index (χ4n) is 3.27. The molecular formula is C20H21N7O2. The highest BCUT2D eigenvalue weighted by Crippen LogP contribution is 2.25. The van der Waals surface area contributed by atoms with Crippen LogP contribution in [0.25, 0.3) is 0 Å². The number of benzene rings is 1. The quantitative estimate of drug-likeness (QED) is 0.711. The molecule has 0 bridgehead atoms. The van der Waals surface area contributed by atoms with Crippen LogP contribution in [0.1, 0.15) is 21.6 Å². The van der Waals surface area contributed by atoms with Crippen molar-refractivity contribution >= 4 is 5.91 Å². The van der Waals surface area contributed by atoms with E-state index in [1.165, 1.54) is 0 Å². The van der Waals surface area contributed by atoms with Gasteiger partial charge in [-0.2, -0.15) is 15.5 Å². The third-order valence-corrected chi connectivity index (χ3v) is 4.88. The van der Waals surface area contributed by atoms with Crippen molar-refractivity contribution in [3.05, 3.63) is 59.7 Å². The summed E-state index contributed by atoms with van der Waals surface area (Å²) in [6.45, 7) is 3.50. The average molecular weight is 391 g/mol. The second kappa shape index (κ2) is 8.16. The molecule has 1 N–H and O–H groups in total. The van der Waals surface area contributed by atoms with Crippen LogP contribution in [0.4, 0.5) is 0 Å². The molecule has 9 nitrogen and oxygen atoms in total. The summed E-state index contributed by atoms with van der Waals surface area (Å²) in [5, 5.41) is 20.1. The molecule has 0 aliphatic carbocycles. The van der Waals surface area contributed by atoms with E-state index in [-0.39, 0.29) is 5.91 Å². The first-order chi connectivity index (χ1) is 14.1. The number of amides is 1. The van der Waals surface area contributed by atoms with Crippen LogP contribution in [-0.4, -0.2) is 61.9 Å². The molecule has 4 rings (SSSR count). The van der Waals surface area contributed by atoms with Crippen molar-refractivity contribution < 1.29 is 9.53 Å². The normalized spacial score (nSPS) is 14.6. The Morgan fingerprint density at radius 1 is 1.21 bits per heavy atom. The Balaban J connectivity index is 1.33. The number of aromatic amines is 1. The molecule has 29 heavy (non-hydrogen) atoms. The number of hydrogen-bond donors (Lipinski definition) is 1. The summed E-state index contributed by atoms with van der Waals surface area (Å²) in [6.07, 6.45) is 4.99. The van der Waals surface area contributed by atoms with E-state index in [1.54, 1.807) is 54.6 Å². The van der Waals surface area contributed by atoms with E-state index in [4.69, 9.17) is 10.00 Å². The number of H-pyrrole nitrogens is 1. The van der Waals surface area contributed by atoms with Gasteiger partial charge in [0, 0.05) is 46.0 Å². The zero-order valence-corrected chi connectivity index (χ0v) is 16.1. The van der Waals surface area contributed by atoms with Crippen molar-refractivity contribution in [2.45, 2.75) is 6.54 Å². The smallest absolute Gasteiger partial charge is 0.257 e. The van der Waals surface area contributed by atoms with Crippen LogP contribution in [0.3, 0.4) is 0 Å². The summed E-state index contributed by atoms with van der Waals surface area (Å²) in [7, 11) is 1.80. The molecule has 0 radical (unpaired) electrons. The molecule has 0 unspecified atom stereocenters. The summed E-state index contributed by atoms with van der Waals surface area (Å²) in [5.74, 6) is 1.33. The molecule has 0 saturated carbocycles. The predicted octanol–water partition coefficient (Wildman–Crippen LogP) is 1.77. The van der Waals surface area contributed by atoms with Crippen LogP contribution in [0.5, 0.6) is 11.5 Å². The molecular weight excluding hydrogens is 370 g/mol. The first-order valence-corrected chi connectivity index (χ1v) is 9.33. The van der Waals surface area contributed by atoms with Crippen molar-refractivity contribution in [1.29, 1.82) is 5.26 Å². The van der Waals surface area contributed by atoms with E-state index in [1.807, 2.05) is 4.90 Å². The van der Waals surface area contributed by atoms with Crippen LogP contribution >= 0.6 is 0 Å². The van der Waals surface area contributed by atoms with Gasteiger partial charge in [-0.25, -0.2) is 0 Å². The summed E-state index contributed by atoms with van der Waals surface area (Å²) in [5.41, 5.74) is 2.08. The van der Waals surface area contributed by atoms with Gasteiger partial charge in [0.2, 0.25) is 0 Å². The van der Waals surface area contributed by atoms with Gasteiger partial charge in [0.05, 0.1) is 35.3 Å². The second-order valence-corrected chi connectivity index (χ2v) is 6.92. The number of nitrogens with one attached hydrogen (secondary N) is 1. The van der Waals surface area contributed by atoms with Crippen LogP contribution in [-0.2, 0) is 13.6 Å². The number of nitriles is 1. The SMILES string of the molecule is Cn1cc(C(=O)N2CCN(Cc3[nH]ncc3Oc3ccc(C#N)cc3)CC2)cn1. The molecule has 9 heteroatoms.